The first kappa shape index (κ1) is 20.1. The van der Waals surface area contributed by atoms with Crippen molar-refractivity contribution in [3.05, 3.63) is 11.6 Å². The molecule has 0 heterocycles. The highest BCUT2D eigenvalue weighted by atomic mass is 16.5. The van der Waals surface area contributed by atoms with E-state index in [-0.39, 0.29) is 47.7 Å². The van der Waals surface area contributed by atoms with E-state index in [1.807, 2.05) is 6.92 Å². The summed E-state index contributed by atoms with van der Waals surface area (Å²) < 4.78 is 9.67. The van der Waals surface area contributed by atoms with Gasteiger partial charge in [-0.15, -0.1) is 0 Å². The summed E-state index contributed by atoms with van der Waals surface area (Å²) in [5, 5.41) is 0. The molecule has 0 spiro atoms. The van der Waals surface area contributed by atoms with Crippen molar-refractivity contribution in [2.45, 2.75) is 47.0 Å². The first-order valence-corrected chi connectivity index (χ1v) is 8.36. The molecule has 1 fully saturated rings. The molecule has 0 radical (unpaired) electrons. The molecule has 6 nitrogen and oxygen atoms in total. The lowest BCUT2D eigenvalue weighted by atomic mass is 9.99. The van der Waals surface area contributed by atoms with E-state index in [4.69, 9.17) is 9.47 Å². The fourth-order valence-corrected chi connectivity index (χ4v) is 2.88. The maximum absolute atomic E-state index is 11.2. The Hall–Kier alpha value is -1.98. The quantitative estimate of drug-likeness (QED) is 0.731. The molecule has 0 N–H and O–H groups in total. The largest absolute Gasteiger partial charge is 0.466 e. The molecule has 0 aromatic carbocycles. The Morgan fingerprint density at radius 3 is 2.04 bits per heavy atom. The second kappa shape index (κ2) is 9.35. The van der Waals surface area contributed by atoms with Gasteiger partial charge in [-0.05, 0) is 32.8 Å². The van der Waals surface area contributed by atoms with Gasteiger partial charge in [0.15, 0.2) is 5.78 Å². The minimum absolute atomic E-state index is 0.0190. The molecule has 2 aliphatic carbocycles. The number of Topliss-reactive ketones (excluding diaryl/α,β-unsaturated/α-hetero) is 1. The van der Waals surface area contributed by atoms with Gasteiger partial charge in [0.2, 0.25) is 0 Å². The molecule has 6 heteroatoms. The average Bonchev–Trinajstić information content (AvgIpc) is 3.01. The van der Waals surface area contributed by atoms with Crippen LogP contribution in [-0.4, -0.2) is 36.7 Å². The first-order chi connectivity index (χ1) is 11.3. The van der Waals surface area contributed by atoms with Crippen LogP contribution in [-0.2, 0) is 28.7 Å². The van der Waals surface area contributed by atoms with Crippen LogP contribution in [0.15, 0.2) is 11.6 Å². The van der Waals surface area contributed by atoms with Crippen LogP contribution in [0.1, 0.15) is 47.0 Å². The van der Waals surface area contributed by atoms with Crippen molar-refractivity contribution in [3.63, 3.8) is 0 Å². The third-order valence-corrected chi connectivity index (χ3v) is 4.19. The SMILES string of the molecule is CCOC(=O)C1CC(=O)C=C1C.CCOC(=O)C1CC(=O)CC1C. The van der Waals surface area contributed by atoms with Gasteiger partial charge in [0.05, 0.1) is 25.0 Å². The van der Waals surface area contributed by atoms with Gasteiger partial charge < -0.3 is 9.47 Å². The Labute approximate surface area is 142 Å². The Kier molecular flexibility index (Phi) is 7.82. The van der Waals surface area contributed by atoms with E-state index in [1.54, 1.807) is 20.8 Å². The van der Waals surface area contributed by atoms with E-state index in [9.17, 15) is 19.2 Å². The van der Waals surface area contributed by atoms with Gasteiger partial charge in [0, 0.05) is 19.3 Å². The fraction of sp³-hybridized carbons (Fsp3) is 0.667. The highest BCUT2D eigenvalue weighted by Gasteiger charge is 2.35. The molecule has 3 unspecified atom stereocenters. The van der Waals surface area contributed by atoms with Crippen molar-refractivity contribution in [3.8, 4) is 0 Å². The average molecular weight is 338 g/mol. The van der Waals surface area contributed by atoms with Crippen LogP contribution in [0.25, 0.3) is 0 Å². The minimum atomic E-state index is -0.322. The minimum Gasteiger partial charge on any atom is -0.466 e. The second-order valence-corrected chi connectivity index (χ2v) is 6.15. The predicted octanol–water partition coefficient (Wildman–Crippen LogP) is 2.25. The fourth-order valence-electron chi connectivity index (χ4n) is 2.88. The van der Waals surface area contributed by atoms with Crippen molar-refractivity contribution < 1.29 is 28.7 Å². The summed E-state index contributed by atoms with van der Waals surface area (Å²) in [7, 11) is 0. The third-order valence-electron chi connectivity index (χ3n) is 4.19. The zero-order chi connectivity index (χ0) is 18.3. The van der Waals surface area contributed by atoms with Crippen LogP contribution in [0.5, 0.6) is 0 Å². The summed E-state index contributed by atoms with van der Waals surface area (Å²) in [4.78, 5) is 44.3. The lowest BCUT2D eigenvalue weighted by Crippen LogP contribution is -2.19. The van der Waals surface area contributed by atoms with Crippen LogP contribution >= 0.6 is 0 Å². The number of carbonyl (C=O) groups excluding carboxylic acids is 4. The predicted molar refractivity (Wildman–Crippen MR) is 87.0 cm³/mol. The van der Waals surface area contributed by atoms with Gasteiger partial charge in [-0.25, -0.2) is 0 Å². The van der Waals surface area contributed by atoms with E-state index >= 15 is 0 Å². The van der Waals surface area contributed by atoms with Crippen LogP contribution in [0, 0.1) is 17.8 Å². The molecule has 0 amide bonds. The summed E-state index contributed by atoms with van der Waals surface area (Å²) in [5.41, 5.74) is 0.818. The molecule has 1 saturated carbocycles. The van der Waals surface area contributed by atoms with Crippen molar-refractivity contribution in [1.82, 2.24) is 0 Å². The van der Waals surface area contributed by atoms with E-state index in [2.05, 4.69) is 0 Å². The van der Waals surface area contributed by atoms with Gasteiger partial charge >= 0.3 is 11.9 Å². The molecule has 0 aliphatic heterocycles. The Morgan fingerprint density at radius 2 is 1.62 bits per heavy atom. The molecule has 0 aromatic rings. The normalized spacial score (nSPS) is 25.7. The first-order valence-electron chi connectivity index (χ1n) is 8.36. The van der Waals surface area contributed by atoms with Gasteiger partial charge in [0.25, 0.3) is 0 Å². The van der Waals surface area contributed by atoms with E-state index < -0.39 is 0 Å². The van der Waals surface area contributed by atoms with Gasteiger partial charge in [-0.1, -0.05) is 12.5 Å². The Morgan fingerprint density at radius 1 is 1.04 bits per heavy atom. The maximum Gasteiger partial charge on any atom is 0.313 e. The van der Waals surface area contributed by atoms with E-state index in [0.717, 1.165) is 5.57 Å². The molecule has 0 aromatic heterocycles. The number of allylic oxidation sites excluding steroid dienone is 1. The number of hydrogen-bond donors (Lipinski definition) is 0. The molecule has 24 heavy (non-hydrogen) atoms. The van der Waals surface area contributed by atoms with E-state index in [0.29, 0.717) is 26.1 Å². The third kappa shape index (κ3) is 5.58. The van der Waals surface area contributed by atoms with Crippen molar-refractivity contribution >= 4 is 23.5 Å². The number of esters is 2. The topological polar surface area (TPSA) is 86.7 Å². The van der Waals surface area contributed by atoms with Crippen molar-refractivity contribution in [2.24, 2.45) is 17.8 Å². The molecule has 2 aliphatic rings. The van der Waals surface area contributed by atoms with Crippen LogP contribution < -0.4 is 0 Å². The maximum atomic E-state index is 11.2. The van der Waals surface area contributed by atoms with Crippen molar-refractivity contribution in [1.29, 1.82) is 0 Å². The molecule has 2 rings (SSSR count). The standard InChI is InChI=1S/C9H14O3.C9H12O3/c2*1-3-12-9(11)8-5-7(10)4-6(8)2/h6,8H,3-5H2,1-2H3;4,8H,3,5H2,1-2H3. The smallest absolute Gasteiger partial charge is 0.313 e. The van der Waals surface area contributed by atoms with Gasteiger partial charge in [-0.3, -0.25) is 19.2 Å². The molecular weight excluding hydrogens is 312 g/mol. The van der Waals surface area contributed by atoms with Crippen LogP contribution in [0.3, 0.4) is 0 Å². The Balaban J connectivity index is 0.000000240. The highest BCUT2D eigenvalue weighted by Crippen LogP contribution is 2.29. The lowest BCUT2D eigenvalue weighted by Gasteiger charge is -2.11. The van der Waals surface area contributed by atoms with E-state index in [1.165, 1.54) is 6.08 Å². The van der Waals surface area contributed by atoms with Gasteiger partial charge in [-0.2, -0.15) is 0 Å². The summed E-state index contributed by atoms with van der Waals surface area (Å²) in [6.45, 7) is 8.01. The zero-order valence-corrected chi connectivity index (χ0v) is 14.8. The zero-order valence-electron chi connectivity index (χ0n) is 14.8. The number of rotatable bonds is 4. The van der Waals surface area contributed by atoms with Crippen LogP contribution in [0.4, 0.5) is 0 Å². The number of ether oxygens (including phenoxy) is 2. The molecule has 134 valence electrons. The van der Waals surface area contributed by atoms with Crippen LogP contribution in [0.2, 0.25) is 0 Å². The number of carbonyl (C=O) groups is 4. The molecule has 0 saturated heterocycles. The monoisotopic (exact) mass is 338 g/mol. The van der Waals surface area contributed by atoms with Crippen molar-refractivity contribution in [2.75, 3.05) is 13.2 Å². The number of hydrogen-bond acceptors (Lipinski definition) is 6. The molecule has 3 atom stereocenters. The highest BCUT2D eigenvalue weighted by molar-refractivity contribution is 5.98. The summed E-state index contributed by atoms with van der Waals surface area (Å²) >= 11 is 0. The summed E-state index contributed by atoms with van der Waals surface area (Å²) in [5.74, 6) is -0.634. The lowest BCUT2D eigenvalue weighted by molar-refractivity contribution is -0.149. The van der Waals surface area contributed by atoms with Gasteiger partial charge in [0.1, 0.15) is 5.78 Å². The number of ketones is 2. The second-order valence-electron chi connectivity index (χ2n) is 6.15. The summed E-state index contributed by atoms with van der Waals surface area (Å²) in [6.07, 6.45) is 2.70. The Bertz CT molecular complexity index is 534. The molecular formula is C18H26O6. The summed E-state index contributed by atoms with van der Waals surface area (Å²) in [6, 6.07) is 0. The molecule has 0 bridgehead atoms.